The third-order valence-electron chi connectivity index (χ3n) is 3.43. The molecule has 0 aliphatic carbocycles. The summed E-state index contributed by atoms with van der Waals surface area (Å²) in [6.07, 6.45) is 0.846. The predicted molar refractivity (Wildman–Crippen MR) is 70.2 cm³/mol. The number of ether oxygens (including phenoxy) is 1. The second kappa shape index (κ2) is 5.97. The Bertz CT molecular complexity index is 396. The molecule has 0 bridgehead atoms. The van der Waals surface area contributed by atoms with Crippen molar-refractivity contribution >= 4 is 11.6 Å². The van der Waals surface area contributed by atoms with Crippen molar-refractivity contribution in [2.75, 3.05) is 26.8 Å². The van der Waals surface area contributed by atoms with Gasteiger partial charge in [-0.2, -0.15) is 0 Å². The molecule has 2 rings (SSSR count). The summed E-state index contributed by atoms with van der Waals surface area (Å²) in [5.41, 5.74) is 6.62. The maximum Gasteiger partial charge on any atom is 0.129 e. The molecule has 0 aromatic heterocycles. The Morgan fingerprint density at radius 2 is 2.33 bits per heavy atom. The first-order valence-electron chi connectivity index (χ1n) is 6.07. The Balaban J connectivity index is 2.28. The van der Waals surface area contributed by atoms with Crippen LogP contribution in [0.4, 0.5) is 4.39 Å². The lowest BCUT2D eigenvalue weighted by atomic mass is 10.00. The zero-order chi connectivity index (χ0) is 13.1. The van der Waals surface area contributed by atoms with E-state index in [2.05, 4.69) is 4.90 Å². The average Bonchev–Trinajstić information content (AvgIpc) is 2.69. The zero-order valence-electron chi connectivity index (χ0n) is 10.4. The summed E-state index contributed by atoms with van der Waals surface area (Å²) in [4.78, 5) is 2.14. The SMILES string of the molecule is COCCN1CCC(N)C1c1c(F)cccc1Cl. The van der Waals surface area contributed by atoms with Gasteiger partial charge in [0.1, 0.15) is 5.82 Å². The fraction of sp³-hybridized carbons (Fsp3) is 0.538. The van der Waals surface area contributed by atoms with Gasteiger partial charge < -0.3 is 10.5 Å². The summed E-state index contributed by atoms with van der Waals surface area (Å²) in [7, 11) is 1.65. The minimum atomic E-state index is -0.285. The van der Waals surface area contributed by atoms with E-state index in [1.54, 1.807) is 19.2 Å². The molecule has 5 heteroatoms. The van der Waals surface area contributed by atoms with Crippen LogP contribution in [-0.2, 0) is 4.74 Å². The molecule has 2 atom stereocenters. The molecule has 18 heavy (non-hydrogen) atoms. The minimum Gasteiger partial charge on any atom is -0.383 e. The van der Waals surface area contributed by atoms with E-state index < -0.39 is 0 Å². The van der Waals surface area contributed by atoms with Crippen molar-refractivity contribution in [1.82, 2.24) is 4.90 Å². The van der Waals surface area contributed by atoms with Gasteiger partial charge >= 0.3 is 0 Å². The van der Waals surface area contributed by atoms with Crippen molar-refractivity contribution in [3.05, 3.63) is 34.6 Å². The molecule has 1 saturated heterocycles. The van der Waals surface area contributed by atoms with E-state index in [9.17, 15) is 4.39 Å². The molecular weight excluding hydrogens is 255 g/mol. The van der Waals surface area contributed by atoms with Crippen LogP contribution in [0.15, 0.2) is 18.2 Å². The third kappa shape index (κ3) is 2.67. The van der Waals surface area contributed by atoms with Crippen molar-refractivity contribution in [3.63, 3.8) is 0 Å². The number of hydrogen-bond donors (Lipinski definition) is 1. The van der Waals surface area contributed by atoms with Crippen LogP contribution in [0.1, 0.15) is 18.0 Å². The molecule has 0 amide bonds. The van der Waals surface area contributed by atoms with Crippen LogP contribution in [0.25, 0.3) is 0 Å². The highest BCUT2D eigenvalue weighted by atomic mass is 35.5. The Labute approximate surface area is 112 Å². The summed E-state index contributed by atoms with van der Waals surface area (Å²) >= 11 is 6.12. The minimum absolute atomic E-state index is 0.0868. The van der Waals surface area contributed by atoms with E-state index in [1.165, 1.54) is 6.07 Å². The van der Waals surface area contributed by atoms with E-state index in [4.69, 9.17) is 22.1 Å². The molecular formula is C13H18ClFN2O. The molecule has 0 radical (unpaired) electrons. The van der Waals surface area contributed by atoms with Gasteiger partial charge in [0.05, 0.1) is 12.6 Å². The molecule has 0 saturated carbocycles. The highest BCUT2D eigenvalue weighted by Gasteiger charge is 2.35. The van der Waals surface area contributed by atoms with Crippen LogP contribution in [-0.4, -0.2) is 37.7 Å². The molecule has 2 unspecified atom stereocenters. The predicted octanol–water partition coefficient (Wildman–Crippen LogP) is 2.20. The number of halogens is 2. The fourth-order valence-electron chi connectivity index (χ4n) is 2.53. The number of nitrogens with two attached hydrogens (primary N) is 1. The largest absolute Gasteiger partial charge is 0.383 e. The van der Waals surface area contributed by atoms with Gasteiger partial charge in [0.15, 0.2) is 0 Å². The number of methoxy groups -OCH3 is 1. The molecule has 2 N–H and O–H groups in total. The lowest BCUT2D eigenvalue weighted by molar-refractivity contribution is 0.138. The third-order valence-corrected chi connectivity index (χ3v) is 3.76. The number of hydrogen-bond acceptors (Lipinski definition) is 3. The van der Waals surface area contributed by atoms with E-state index >= 15 is 0 Å². The molecule has 100 valence electrons. The van der Waals surface area contributed by atoms with Crippen LogP contribution in [0, 0.1) is 5.82 Å². The molecule has 3 nitrogen and oxygen atoms in total. The number of rotatable bonds is 4. The first-order chi connectivity index (χ1) is 8.65. The van der Waals surface area contributed by atoms with Crippen molar-refractivity contribution in [2.24, 2.45) is 5.73 Å². The standard InChI is InChI=1S/C13H18ClFN2O/c1-18-8-7-17-6-5-11(16)13(17)12-9(14)3-2-4-10(12)15/h2-4,11,13H,5-8,16H2,1H3. The van der Waals surface area contributed by atoms with Gasteiger partial charge in [-0.05, 0) is 18.6 Å². The molecule has 1 fully saturated rings. The molecule has 1 aliphatic heterocycles. The number of benzene rings is 1. The van der Waals surface area contributed by atoms with Gasteiger partial charge in [-0.25, -0.2) is 4.39 Å². The lowest BCUT2D eigenvalue weighted by Gasteiger charge is -2.27. The van der Waals surface area contributed by atoms with Gasteiger partial charge in [-0.3, -0.25) is 4.90 Å². The summed E-state index contributed by atoms with van der Waals surface area (Å²) in [5.74, 6) is -0.285. The van der Waals surface area contributed by atoms with E-state index in [0.717, 1.165) is 19.5 Å². The van der Waals surface area contributed by atoms with E-state index in [1.807, 2.05) is 0 Å². The van der Waals surface area contributed by atoms with Crippen molar-refractivity contribution in [1.29, 1.82) is 0 Å². The fourth-order valence-corrected chi connectivity index (χ4v) is 2.81. The monoisotopic (exact) mass is 272 g/mol. The van der Waals surface area contributed by atoms with Crippen LogP contribution in [0.2, 0.25) is 5.02 Å². The van der Waals surface area contributed by atoms with Crippen molar-refractivity contribution in [2.45, 2.75) is 18.5 Å². The summed E-state index contributed by atoms with van der Waals surface area (Å²) < 4.78 is 19.0. The smallest absolute Gasteiger partial charge is 0.129 e. The molecule has 1 aromatic rings. The number of likely N-dealkylation sites (tertiary alicyclic amines) is 1. The maximum absolute atomic E-state index is 14.0. The quantitative estimate of drug-likeness (QED) is 0.913. The van der Waals surface area contributed by atoms with Crippen LogP contribution in [0.3, 0.4) is 0 Å². The van der Waals surface area contributed by atoms with Crippen molar-refractivity contribution in [3.8, 4) is 0 Å². The first-order valence-corrected chi connectivity index (χ1v) is 6.45. The number of nitrogens with zero attached hydrogens (tertiary/aromatic N) is 1. The topological polar surface area (TPSA) is 38.5 Å². The molecule has 1 heterocycles. The summed E-state index contributed by atoms with van der Waals surface area (Å²) in [6, 6.07) is 4.51. The van der Waals surface area contributed by atoms with E-state index in [0.29, 0.717) is 17.2 Å². The Kier molecular flexibility index (Phi) is 4.56. The lowest BCUT2D eigenvalue weighted by Crippen LogP contribution is -2.34. The first kappa shape index (κ1) is 13.7. The Hall–Kier alpha value is -0.680. The van der Waals surface area contributed by atoms with Gasteiger partial charge in [-0.15, -0.1) is 0 Å². The second-order valence-corrected chi connectivity index (χ2v) is 4.97. The van der Waals surface area contributed by atoms with Crippen LogP contribution in [0.5, 0.6) is 0 Å². The normalized spacial score (nSPS) is 24.7. The van der Waals surface area contributed by atoms with Gasteiger partial charge in [0, 0.05) is 36.8 Å². The summed E-state index contributed by atoms with van der Waals surface area (Å²) in [6.45, 7) is 2.19. The van der Waals surface area contributed by atoms with E-state index in [-0.39, 0.29) is 17.9 Å². The Morgan fingerprint density at radius 1 is 1.56 bits per heavy atom. The van der Waals surface area contributed by atoms with Crippen LogP contribution < -0.4 is 5.73 Å². The highest BCUT2D eigenvalue weighted by Crippen LogP contribution is 2.36. The Morgan fingerprint density at radius 3 is 3.00 bits per heavy atom. The van der Waals surface area contributed by atoms with Gasteiger partial charge in [-0.1, -0.05) is 17.7 Å². The van der Waals surface area contributed by atoms with Gasteiger partial charge in [0.25, 0.3) is 0 Å². The summed E-state index contributed by atoms with van der Waals surface area (Å²) in [5, 5.41) is 0.444. The van der Waals surface area contributed by atoms with Crippen LogP contribution >= 0.6 is 11.6 Å². The zero-order valence-corrected chi connectivity index (χ0v) is 11.2. The maximum atomic E-state index is 14.0. The molecule has 1 aromatic carbocycles. The van der Waals surface area contributed by atoms with Gasteiger partial charge in [0.2, 0.25) is 0 Å². The molecule has 1 aliphatic rings. The average molecular weight is 273 g/mol. The highest BCUT2D eigenvalue weighted by molar-refractivity contribution is 6.31. The van der Waals surface area contributed by atoms with Crippen molar-refractivity contribution < 1.29 is 9.13 Å². The molecule has 0 spiro atoms. The second-order valence-electron chi connectivity index (χ2n) is 4.56.